The molecule has 2 aliphatic heterocycles. The average Bonchev–Trinajstić information content (AvgIpc) is 3.01. The standard InChI is InChI=1S/C15H22N4O/c1-12-6-7-14(17-16-12)19-10-4-5-13(11-19)15(20)18-8-2-3-9-18/h6-7,13H,2-5,8-11H2,1H3/t13-/m0/s1. The van der Waals surface area contributed by atoms with Crippen LogP contribution in [0.1, 0.15) is 31.4 Å². The van der Waals surface area contributed by atoms with Gasteiger partial charge >= 0.3 is 0 Å². The van der Waals surface area contributed by atoms with Crippen LogP contribution in [0, 0.1) is 12.8 Å². The van der Waals surface area contributed by atoms with Gasteiger partial charge in [-0.2, -0.15) is 5.10 Å². The van der Waals surface area contributed by atoms with Gasteiger partial charge in [0.2, 0.25) is 5.91 Å². The third-order valence-electron chi connectivity index (χ3n) is 4.30. The number of hydrogen-bond donors (Lipinski definition) is 0. The molecule has 0 spiro atoms. The van der Waals surface area contributed by atoms with Gasteiger partial charge in [0.1, 0.15) is 0 Å². The Hall–Kier alpha value is -1.65. The van der Waals surface area contributed by atoms with Gasteiger partial charge < -0.3 is 9.80 Å². The molecule has 3 rings (SSSR count). The maximum Gasteiger partial charge on any atom is 0.227 e. The van der Waals surface area contributed by atoms with Crippen molar-refractivity contribution in [3.05, 3.63) is 17.8 Å². The largest absolute Gasteiger partial charge is 0.354 e. The summed E-state index contributed by atoms with van der Waals surface area (Å²) in [7, 11) is 0. The number of amides is 1. The second-order valence-corrected chi connectivity index (χ2v) is 5.85. The summed E-state index contributed by atoms with van der Waals surface area (Å²) in [6, 6.07) is 3.99. The number of piperidine rings is 1. The van der Waals surface area contributed by atoms with E-state index in [0.717, 1.165) is 63.4 Å². The molecule has 0 saturated carbocycles. The summed E-state index contributed by atoms with van der Waals surface area (Å²) < 4.78 is 0. The molecule has 2 saturated heterocycles. The van der Waals surface area contributed by atoms with Crippen LogP contribution in [-0.4, -0.2) is 47.2 Å². The number of carbonyl (C=O) groups is 1. The van der Waals surface area contributed by atoms with Gasteiger partial charge in [-0.15, -0.1) is 5.10 Å². The van der Waals surface area contributed by atoms with E-state index < -0.39 is 0 Å². The average molecular weight is 274 g/mol. The highest BCUT2D eigenvalue weighted by Crippen LogP contribution is 2.24. The Morgan fingerprint density at radius 1 is 1.15 bits per heavy atom. The van der Waals surface area contributed by atoms with E-state index >= 15 is 0 Å². The Morgan fingerprint density at radius 2 is 1.95 bits per heavy atom. The monoisotopic (exact) mass is 274 g/mol. The number of likely N-dealkylation sites (tertiary alicyclic amines) is 1. The summed E-state index contributed by atoms with van der Waals surface area (Å²) in [6.45, 7) is 5.58. The first-order chi connectivity index (χ1) is 9.74. The molecular weight excluding hydrogens is 252 g/mol. The molecule has 1 atom stereocenters. The van der Waals surface area contributed by atoms with Crippen molar-refractivity contribution in [3.63, 3.8) is 0 Å². The van der Waals surface area contributed by atoms with E-state index in [4.69, 9.17) is 0 Å². The number of aromatic nitrogens is 2. The first-order valence-electron chi connectivity index (χ1n) is 7.58. The van der Waals surface area contributed by atoms with Gasteiger partial charge in [-0.05, 0) is 44.7 Å². The molecular formula is C15H22N4O. The third-order valence-corrected chi connectivity index (χ3v) is 4.30. The van der Waals surface area contributed by atoms with E-state index in [2.05, 4.69) is 15.1 Å². The van der Waals surface area contributed by atoms with Crippen molar-refractivity contribution in [3.8, 4) is 0 Å². The smallest absolute Gasteiger partial charge is 0.227 e. The molecule has 3 heterocycles. The second-order valence-electron chi connectivity index (χ2n) is 5.85. The van der Waals surface area contributed by atoms with Gasteiger partial charge in [-0.25, -0.2) is 0 Å². The molecule has 1 aromatic rings. The van der Waals surface area contributed by atoms with E-state index in [1.54, 1.807) is 0 Å². The molecule has 0 unspecified atom stereocenters. The molecule has 20 heavy (non-hydrogen) atoms. The normalized spacial score (nSPS) is 23.1. The van der Waals surface area contributed by atoms with E-state index in [1.165, 1.54) is 0 Å². The number of aryl methyl sites for hydroxylation is 1. The van der Waals surface area contributed by atoms with Crippen molar-refractivity contribution in [2.75, 3.05) is 31.1 Å². The molecule has 2 aliphatic rings. The zero-order valence-electron chi connectivity index (χ0n) is 12.1. The van der Waals surface area contributed by atoms with Crippen molar-refractivity contribution in [1.82, 2.24) is 15.1 Å². The maximum atomic E-state index is 12.5. The summed E-state index contributed by atoms with van der Waals surface area (Å²) in [5.74, 6) is 1.37. The van der Waals surface area contributed by atoms with Gasteiger partial charge in [-0.1, -0.05) is 0 Å². The molecule has 108 valence electrons. The molecule has 0 radical (unpaired) electrons. The predicted molar refractivity (Wildman–Crippen MR) is 77.5 cm³/mol. The van der Waals surface area contributed by atoms with Gasteiger partial charge in [0.15, 0.2) is 5.82 Å². The van der Waals surface area contributed by atoms with Crippen LogP contribution < -0.4 is 4.90 Å². The van der Waals surface area contributed by atoms with Crippen LogP contribution >= 0.6 is 0 Å². The number of anilines is 1. The summed E-state index contributed by atoms with van der Waals surface area (Å²) >= 11 is 0. The topological polar surface area (TPSA) is 49.3 Å². The SMILES string of the molecule is Cc1ccc(N2CCC[C@H](C(=O)N3CCCC3)C2)nn1. The van der Waals surface area contributed by atoms with Crippen LogP contribution in [0.5, 0.6) is 0 Å². The lowest BCUT2D eigenvalue weighted by Crippen LogP contribution is -2.44. The second kappa shape index (κ2) is 5.77. The summed E-state index contributed by atoms with van der Waals surface area (Å²) in [5.41, 5.74) is 0.926. The molecule has 5 nitrogen and oxygen atoms in total. The molecule has 0 aliphatic carbocycles. The summed E-state index contributed by atoms with van der Waals surface area (Å²) in [5, 5.41) is 8.36. The quantitative estimate of drug-likeness (QED) is 0.822. The fraction of sp³-hybridized carbons (Fsp3) is 0.667. The molecule has 0 bridgehead atoms. The Bertz CT molecular complexity index is 467. The number of rotatable bonds is 2. The zero-order valence-corrected chi connectivity index (χ0v) is 12.1. The van der Waals surface area contributed by atoms with Gasteiger partial charge in [0.25, 0.3) is 0 Å². The Labute approximate surface area is 120 Å². The summed E-state index contributed by atoms with van der Waals surface area (Å²) in [4.78, 5) is 16.7. The highest BCUT2D eigenvalue weighted by Gasteiger charge is 2.30. The van der Waals surface area contributed by atoms with Crippen LogP contribution in [0.3, 0.4) is 0 Å². The highest BCUT2D eigenvalue weighted by molar-refractivity contribution is 5.80. The van der Waals surface area contributed by atoms with E-state index in [-0.39, 0.29) is 5.92 Å². The van der Waals surface area contributed by atoms with Gasteiger partial charge in [-0.3, -0.25) is 4.79 Å². The third kappa shape index (κ3) is 2.76. The number of hydrogen-bond acceptors (Lipinski definition) is 4. The molecule has 1 aromatic heterocycles. The Kier molecular flexibility index (Phi) is 3.85. The molecule has 0 N–H and O–H groups in total. The van der Waals surface area contributed by atoms with Crippen molar-refractivity contribution >= 4 is 11.7 Å². The highest BCUT2D eigenvalue weighted by atomic mass is 16.2. The molecule has 1 amide bonds. The molecule has 2 fully saturated rings. The van der Waals surface area contributed by atoms with Crippen LogP contribution in [0.25, 0.3) is 0 Å². The molecule has 5 heteroatoms. The van der Waals surface area contributed by atoms with Gasteiger partial charge in [0, 0.05) is 26.2 Å². The summed E-state index contributed by atoms with van der Waals surface area (Å²) in [6.07, 6.45) is 4.38. The van der Waals surface area contributed by atoms with Crippen molar-refractivity contribution < 1.29 is 4.79 Å². The van der Waals surface area contributed by atoms with E-state index in [0.29, 0.717) is 5.91 Å². The van der Waals surface area contributed by atoms with Crippen LogP contribution in [0.4, 0.5) is 5.82 Å². The number of carbonyl (C=O) groups excluding carboxylic acids is 1. The molecule has 0 aromatic carbocycles. The first kappa shape index (κ1) is 13.3. The minimum absolute atomic E-state index is 0.130. The maximum absolute atomic E-state index is 12.5. The predicted octanol–water partition coefficient (Wildman–Crippen LogP) is 1.62. The van der Waals surface area contributed by atoms with Crippen molar-refractivity contribution in [2.45, 2.75) is 32.6 Å². The van der Waals surface area contributed by atoms with Crippen LogP contribution in [-0.2, 0) is 4.79 Å². The van der Waals surface area contributed by atoms with Gasteiger partial charge in [0.05, 0.1) is 11.6 Å². The van der Waals surface area contributed by atoms with Crippen molar-refractivity contribution in [2.24, 2.45) is 5.92 Å². The van der Waals surface area contributed by atoms with Crippen LogP contribution in [0.15, 0.2) is 12.1 Å². The number of nitrogens with zero attached hydrogens (tertiary/aromatic N) is 4. The first-order valence-corrected chi connectivity index (χ1v) is 7.58. The lowest BCUT2D eigenvalue weighted by molar-refractivity contribution is -0.134. The fourth-order valence-electron chi connectivity index (χ4n) is 3.14. The zero-order chi connectivity index (χ0) is 13.9. The minimum Gasteiger partial charge on any atom is -0.354 e. The Morgan fingerprint density at radius 3 is 2.65 bits per heavy atom. The van der Waals surface area contributed by atoms with E-state index in [1.807, 2.05) is 24.0 Å². The lowest BCUT2D eigenvalue weighted by atomic mass is 9.96. The lowest BCUT2D eigenvalue weighted by Gasteiger charge is -2.34. The van der Waals surface area contributed by atoms with E-state index in [9.17, 15) is 4.79 Å². The van der Waals surface area contributed by atoms with Crippen LogP contribution in [0.2, 0.25) is 0 Å². The Balaban J connectivity index is 1.66. The van der Waals surface area contributed by atoms with Crippen molar-refractivity contribution in [1.29, 1.82) is 0 Å². The minimum atomic E-state index is 0.130. The fourth-order valence-corrected chi connectivity index (χ4v) is 3.14.